The SMILES string of the molecule is FC(F)(F)OCCOc1cnc2ccccc2c1. The van der Waals surface area contributed by atoms with Crippen molar-refractivity contribution in [2.45, 2.75) is 6.36 Å². The monoisotopic (exact) mass is 257 g/mol. The van der Waals surface area contributed by atoms with Crippen LogP contribution in [0.1, 0.15) is 0 Å². The van der Waals surface area contributed by atoms with Crippen molar-refractivity contribution in [2.75, 3.05) is 13.2 Å². The van der Waals surface area contributed by atoms with E-state index in [0.29, 0.717) is 5.75 Å². The molecule has 0 amide bonds. The summed E-state index contributed by atoms with van der Waals surface area (Å²) in [7, 11) is 0. The Hall–Kier alpha value is -1.82. The zero-order valence-electron chi connectivity index (χ0n) is 9.28. The van der Waals surface area contributed by atoms with E-state index >= 15 is 0 Å². The first kappa shape index (κ1) is 12.6. The minimum Gasteiger partial charge on any atom is -0.490 e. The Morgan fingerprint density at radius 2 is 1.89 bits per heavy atom. The van der Waals surface area contributed by atoms with Crippen molar-refractivity contribution in [1.82, 2.24) is 4.98 Å². The molecule has 18 heavy (non-hydrogen) atoms. The predicted octanol–water partition coefficient (Wildman–Crippen LogP) is 3.15. The highest BCUT2D eigenvalue weighted by Crippen LogP contribution is 2.18. The molecule has 1 aromatic carbocycles. The van der Waals surface area contributed by atoms with Crippen LogP contribution in [0.25, 0.3) is 10.9 Å². The summed E-state index contributed by atoms with van der Waals surface area (Å²) < 4.78 is 43.8. The summed E-state index contributed by atoms with van der Waals surface area (Å²) in [6, 6.07) is 9.11. The molecule has 96 valence electrons. The van der Waals surface area contributed by atoms with Gasteiger partial charge in [-0.25, -0.2) is 0 Å². The van der Waals surface area contributed by atoms with Crippen LogP contribution in [-0.2, 0) is 4.74 Å². The molecule has 0 saturated heterocycles. The average molecular weight is 257 g/mol. The number of alkyl halides is 3. The van der Waals surface area contributed by atoms with Crippen molar-refractivity contribution >= 4 is 10.9 Å². The fraction of sp³-hybridized carbons (Fsp3) is 0.250. The molecule has 2 rings (SSSR count). The second-order valence-corrected chi connectivity index (χ2v) is 3.51. The Bertz CT molecular complexity index is 528. The number of pyridine rings is 1. The highest BCUT2D eigenvalue weighted by atomic mass is 19.4. The number of benzene rings is 1. The van der Waals surface area contributed by atoms with E-state index < -0.39 is 13.0 Å². The van der Waals surface area contributed by atoms with Gasteiger partial charge in [-0.05, 0) is 12.1 Å². The van der Waals surface area contributed by atoms with E-state index in [4.69, 9.17) is 4.74 Å². The van der Waals surface area contributed by atoms with Crippen LogP contribution >= 0.6 is 0 Å². The van der Waals surface area contributed by atoms with Gasteiger partial charge in [-0.3, -0.25) is 9.72 Å². The number of hydrogen-bond acceptors (Lipinski definition) is 3. The van der Waals surface area contributed by atoms with Gasteiger partial charge < -0.3 is 4.74 Å². The van der Waals surface area contributed by atoms with Crippen LogP contribution in [0, 0.1) is 0 Å². The van der Waals surface area contributed by atoms with Crippen LogP contribution in [0.5, 0.6) is 5.75 Å². The number of para-hydroxylation sites is 1. The van der Waals surface area contributed by atoms with Gasteiger partial charge in [0, 0.05) is 5.39 Å². The quantitative estimate of drug-likeness (QED) is 0.788. The smallest absolute Gasteiger partial charge is 0.490 e. The molecule has 0 aliphatic rings. The summed E-state index contributed by atoms with van der Waals surface area (Å²) in [5, 5.41) is 0.867. The van der Waals surface area contributed by atoms with E-state index in [1.54, 1.807) is 6.07 Å². The van der Waals surface area contributed by atoms with E-state index in [2.05, 4.69) is 9.72 Å². The minimum absolute atomic E-state index is 0.181. The zero-order valence-corrected chi connectivity index (χ0v) is 9.28. The topological polar surface area (TPSA) is 31.4 Å². The molecule has 3 nitrogen and oxygen atoms in total. The maximum absolute atomic E-state index is 11.7. The summed E-state index contributed by atoms with van der Waals surface area (Å²) in [5.74, 6) is 0.416. The molecule has 0 unspecified atom stereocenters. The van der Waals surface area contributed by atoms with Gasteiger partial charge >= 0.3 is 6.36 Å². The molecule has 0 fully saturated rings. The third-order valence-corrected chi connectivity index (χ3v) is 2.18. The lowest BCUT2D eigenvalue weighted by atomic mass is 10.2. The van der Waals surface area contributed by atoms with Gasteiger partial charge in [0.2, 0.25) is 0 Å². The number of fused-ring (bicyclic) bond motifs is 1. The number of hydrogen-bond donors (Lipinski definition) is 0. The Morgan fingerprint density at radius 1 is 1.11 bits per heavy atom. The molecule has 0 bridgehead atoms. The van der Waals surface area contributed by atoms with Crippen LogP contribution in [0.3, 0.4) is 0 Å². The summed E-state index contributed by atoms with van der Waals surface area (Å²) in [4.78, 5) is 4.12. The number of rotatable bonds is 4. The lowest BCUT2D eigenvalue weighted by molar-refractivity contribution is -0.325. The van der Waals surface area contributed by atoms with Gasteiger partial charge in [-0.1, -0.05) is 18.2 Å². The number of nitrogens with zero attached hydrogens (tertiary/aromatic N) is 1. The maximum Gasteiger partial charge on any atom is 0.522 e. The van der Waals surface area contributed by atoms with Crippen LogP contribution in [-0.4, -0.2) is 24.6 Å². The van der Waals surface area contributed by atoms with Gasteiger partial charge in [0.25, 0.3) is 0 Å². The summed E-state index contributed by atoms with van der Waals surface area (Å²) >= 11 is 0. The van der Waals surface area contributed by atoms with Crippen LogP contribution in [0.15, 0.2) is 36.5 Å². The average Bonchev–Trinajstić information content (AvgIpc) is 2.33. The number of halogens is 3. The molecule has 6 heteroatoms. The molecule has 1 aromatic heterocycles. The summed E-state index contributed by atoms with van der Waals surface area (Å²) in [6.45, 7) is -0.726. The molecule has 0 N–H and O–H groups in total. The number of aromatic nitrogens is 1. The van der Waals surface area contributed by atoms with Crippen LogP contribution in [0.4, 0.5) is 13.2 Å². The molecular formula is C12H10F3NO2. The first-order valence-corrected chi connectivity index (χ1v) is 5.23. The normalized spacial score (nSPS) is 11.7. The van der Waals surface area contributed by atoms with Gasteiger partial charge in [0.05, 0.1) is 18.3 Å². The molecule has 0 aliphatic heterocycles. The largest absolute Gasteiger partial charge is 0.522 e. The van der Waals surface area contributed by atoms with Crippen LogP contribution in [0.2, 0.25) is 0 Å². The third-order valence-electron chi connectivity index (χ3n) is 2.18. The van der Waals surface area contributed by atoms with E-state index in [1.165, 1.54) is 6.20 Å². The Kier molecular flexibility index (Phi) is 3.66. The van der Waals surface area contributed by atoms with Gasteiger partial charge in [-0.2, -0.15) is 0 Å². The fourth-order valence-corrected chi connectivity index (χ4v) is 1.45. The molecular weight excluding hydrogens is 247 g/mol. The van der Waals surface area contributed by atoms with Crippen molar-refractivity contribution < 1.29 is 22.6 Å². The van der Waals surface area contributed by atoms with E-state index in [-0.39, 0.29) is 6.61 Å². The lowest BCUT2D eigenvalue weighted by Crippen LogP contribution is -2.18. The Labute approximate surface area is 101 Å². The molecule has 2 aromatic rings. The second kappa shape index (κ2) is 5.22. The van der Waals surface area contributed by atoms with Gasteiger partial charge in [0.1, 0.15) is 12.4 Å². The summed E-state index contributed by atoms with van der Waals surface area (Å²) in [5.41, 5.74) is 0.802. The van der Waals surface area contributed by atoms with Gasteiger partial charge in [0.15, 0.2) is 0 Å². The summed E-state index contributed by atoms with van der Waals surface area (Å²) in [6.07, 6.45) is -3.15. The van der Waals surface area contributed by atoms with Crippen LogP contribution < -0.4 is 4.74 Å². The standard InChI is InChI=1S/C12H10F3NO2/c13-12(14,15)18-6-5-17-10-7-9-3-1-2-4-11(9)16-8-10/h1-4,7-8H,5-6H2. The Morgan fingerprint density at radius 3 is 2.67 bits per heavy atom. The van der Waals surface area contributed by atoms with E-state index in [9.17, 15) is 13.2 Å². The predicted molar refractivity (Wildman–Crippen MR) is 59.2 cm³/mol. The fourth-order valence-electron chi connectivity index (χ4n) is 1.45. The lowest BCUT2D eigenvalue weighted by Gasteiger charge is -2.09. The van der Waals surface area contributed by atoms with E-state index in [0.717, 1.165) is 10.9 Å². The van der Waals surface area contributed by atoms with Crippen molar-refractivity contribution in [2.24, 2.45) is 0 Å². The maximum atomic E-state index is 11.7. The molecule has 0 spiro atoms. The van der Waals surface area contributed by atoms with Crippen molar-refractivity contribution in [1.29, 1.82) is 0 Å². The minimum atomic E-state index is -4.62. The molecule has 0 saturated carbocycles. The van der Waals surface area contributed by atoms with Crippen molar-refractivity contribution in [3.8, 4) is 5.75 Å². The highest BCUT2D eigenvalue weighted by molar-refractivity contribution is 5.79. The highest BCUT2D eigenvalue weighted by Gasteiger charge is 2.28. The number of ether oxygens (including phenoxy) is 2. The molecule has 1 heterocycles. The van der Waals surface area contributed by atoms with Gasteiger partial charge in [-0.15, -0.1) is 13.2 Å². The molecule has 0 atom stereocenters. The second-order valence-electron chi connectivity index (χ2n) is 3.51. The molecule has 0 radical (unpaired) electrons. The Balaban J connectivity index is 1.92. The third kappa shape index (κ3) is 3.59. The first-order chi connectivity index (χ1) is 8.54. The van der Waals surface area contributed by atoms with Crippen molar-refractivity contribution in [3.63, 3.8) is 0 Å². The van der Waals surface area contributed by atoms with Crippen molar-refractivity contribution in [3.05, 3.63) is 36.5 Å². The first-order valence-electron chi connectivity index (χ1n) is 5.23. The zero-order chi connectivity index (χ0) is 13.0. The van der Waals surface area contributed by atoms with E-state index in [1.807, 2.05) is 24.3 Å². The molecule has 0 aliphatic carbocycles.